The van der Waals surface area contributed by atoms with Crippen LogP contribution in [0.1, 0.15) is 18.9 Å². The van der Waals surface area contributed by atoms with Crippen molar-refractivity contribution in [1.82, 2.24) is 0 Å². The molecule has 7 heteroatoms. The van der Waals surface area contributed by atoms with E-state index in [9.17, 15) is 9.59 Å². The molecular weight excluding hydrogens is 410 g/mol. The minimum absolute atomic E-state index is 0.187. The van der Waals surface area contributed by atoms with Crippen molar-refractivity contribution in [3.05, 3.63) is 58.6 Å². The molecule has 0 bridgehead atoms. The van der Waals surface area contributed by atoms with Crippen molar-refractivity contribution in [1.29, 1.82) is 0 Å². The predicted octanol–water partition coefficient (Wildman–Crippen LogP) is 3.89. The number of benzene rings is 2. The molecule has 1 heterocycles. The molecule has 1 amide bonds. The number of para-hydroxylation sites is 1. The smallest absolute Gasteiger partial charge is 0.354 e. The van der Waals surface area contributed by atoms with Crippen molar-refractivity contribution < 1.29 is 14.3 Å². The Morgan fingerprint density at radius 3 is 2.70 bits per heavy atom. The van der Waals surface area contributed by atoms with Crippen molar-refractivity contribution in [2.45, 2.75) is 26.3 Å². The molecule has 3 rings (SSSR count). The van der Waals surface area contributed by atoms with Crippen LogP contribution in [0.4, 0.5) is 11.4 Å². The molecule has 0 aliphatic carbocycles. The zero-order valence-electron chi connectivity index (χ0n) is 15.1. The van der Waals surface area contributed by atoms with Gasteiger partial charge in [0.2, 0.25) is 5.91 Å². The van der Waals surface area contributed by atoms with Crippen LogP contribution in [0.15, 0.2) is 58.1 Å². The van der Waals surface area contributed by atoms with Crippen molar-refractivity contribution in [2.75, 3.05) is 16.9 Å². The molecule has 0 fully saturated rings. The predicted molar refractivity (Wildman–Crippen MR) is 109 cm³/mol. The summed E-state index contributed by atoms with van der Waals surface area (Å²) in [6.45, 7) is 3.92. The number of nitrogens with one attached hydrogen (secondary N) is 1. The summed E-state index contributed by atoms with van der Waals surface area (Å²) in [7, 11) is 0. The van der Waals surface area contributed by atoms with Crippen molar-refractivity contribution in [3.63, 3.8) is 0 Å². The molecule has 1 unspecified atom stereocenters. The number of carbonyl (C=O) groups is 2. The highest BCUT2D eigenvalue weighted by atomic mass is 79.9. The third-order valence-electron chi connectivity index (χ3n) is 4.20. The molecule has 0 radical (unpaired) electrons. The van der Waals surface area contributed by atoms with E-state index in [1.807, 2.05) is 55.5 Å². The highest BCUT2D eigenvalue weighted by molar-refractivity contribution is 9.10. The minimum atomic E-state index is -0.634. The number of hydrazone groups is 1. The Morgan fingerprint density at radius 1 is 1.26 bits per heavy atom. The molecule has 1 N–H and O–H groups in total. The summed E-state index contributed by atoms with van der Waals surface area (Å²) in [5.74, 6) is -0.726. The van der Waals surface area contributed by atoms with E-state index in [0.717, 1.165) is 15.7 Å². The number of anilines is 2. The summed E-state index contributed by atoms with van der Waals surface area (Å²) in [4.78, 5) is 25.1. The molecule has 0 saturated heterocycles. The summed E-state index contributed by atoms with van der Waals surface area (Å²) in [5.41, 5.74) is 2.64. The second-order valence-electron chi connectivity index (χ2n) is 6.12. The zero-order chi connectivity index (χ0) is 19.4. The fourth-order valence-corrected chi connectivity index (χ4v) is 3.18. The zero-order valence-corrected chi connectivity index (χ0v) is 16.7. The van der Waals surface area contributed by atoms with Gasteiger partial charge in [-0.05, 0) is 43.7 Å². The highest BCUT2D eigenvalue weighted by Crippen LogP contribution is 2.27. The summed E-state index contributed by atoms with van der Waals surface area (Å²) < 4.78 is 5.93. The summed E-state index contributed by atoms with van der Waals surface area (Å²) in [5, 5.41) is 8.89. The van der Waals surface area contributed by atoms with Crippen LogP contribution >= 0.6 is 15.9 Å². The van der Waals surface area contributed by atoms with Crippen LogP contribution in [0, 0.1) is 6.92 Å². The first kappa shape index (κ1) is 19.1. The Labute approximate surface area is 166 Å². The van der Waals surface area contributed by atoms with Crippen molar-refractivity contribution in [2.24, 2.45) is 5.10 Å². The molecule has 1 atom stereocenters. The monoisotopic (exact) mass is 429 g/mol. The lowest BCUT2D eigenvalue weighted by molar-refractivity contribution is -0.135. The quantitative estimate of drug-likeness (QED) is 0.731. The maximum atomic E-state index is 13.0. The molecule has 140 valence electrons. The van der Waals surface area contributed by atoms with Gasteiger partial charge >= 0.3 is 5.97 Å². The minimum Gasteiger partial charge on any atom is -0.461 e. The lowest BCUT2D eigenvalue weighted by Gasteiger charge is -2.23. The number of hydrogen-bond donors (Lipinski definition) is 1. The van der Waals surface area contributed by atoms with Gasteiger partial charge < -0.3 is 10.1 Å². The molecule has 1 aliphatic heterocycles. The maximum Gasteiger partial charge on any atom is 0.354 e. The van der Waals surface area contributed by atoms with E-state index in [-0.39, 0.29) is 24.6 Å². The number of rotatable bonds is 5. The largest absolute Gasteiger partial charge is 0.461 e. The van der Waals surface area contributed by atoms with Crippen molar-refractivity contribution >= 4 is 44.9 Å². The molecule has 0 spiro atoms. The van der Waals surface area contributed by atoms with E-state index in [4.69, 9.17) is 4.74 Å². The van der Waals surface area contributed by atoms with Crippen molar-refractivity contribution in [3.8, 4) is 0 Å². The third kappa shape index (κ3) is 4.36. The van der Waals surface area contributed by atoms with Crippen LogP contribution in [0.5, 0.6) is 0 Å². The standard InChI is InChI=1S/C20H20BrN3O3/c1-3-27-20(26)17-12-18(24(23-17)15-7-5-4-6-8-15)19(25)22-16-11-14(21)10-9-13(16)2/h4-11,18H,3,12H2,1-2H3,(H,22,25). The second kappa shape index (κ2) is 8.35. The highest BCUT2D eigenvalue weighted by Gasteiger charge is 2.37. The second-order valence-corrected chi connectivity index (χ2v) is 7.03. The van der Waals surface area contributed by atoms with Gasteiger partial charge in [0.25, 0.3) is 0 Å². The fourth-order valence-electron chi connectivity index (χ4n) is 2.82. The van der Waals surface area contributed by atoms with Gasteiger partial charge in [-0.2, -0.15) is 5.10 Å². The van der Waals surface area contributed by atoms with Crippen LogP contribution in [0.2, 0.25) is 0 Å². The first-order valence-electron chi connectivity index (χ1n) is 8.65. The summed E-state index contributed by atoms with van der Waals surface area (Å²) in [6.07, 6.45) is 0.187. The molecule has 27 heavy (non-hydrogen) atoms. The van der Waals surface area contributed by atoms with E-state index >= 15 is 0 Å². The first-order valence-corrected chi connectivity index (χ1v) is 9.44. The van der Waals surface area contributed by atoms with E-state index < -0.39 is 12.0 Å². The van der Waals surface area contributed by atoms with Gasteiger partial charge in [-0.15, -0.1) is 0 Å². The van der Waals surface area contributed by atoms with Gasteiger partial charge in [0, 0.05) is 16.6 Å². The SMILES string of the molecule is CCOC(=O)C1=NN(c2ccccc2)C(C(=O)Nc2cc(Br)ccc2C)C1. The van der Waals surface area contributed by atoms with Crippen LogP contribution < -0.4 is 10.3 Å². The number of halogens is 1. The Bertz CT molecular complexity index is 883. The molecule has 0 aromatic heterocycles. The Morgan fingerprint density at radius 2 is 2.00 bits per heavy atom. The van der Waals surface area contributed by atoms with E-state index in [1.165, 1.54) is 0 Å². The van der Waals surface area contributed by atoms with Gasteiger partial charge in [-0.25, -0.2) is 4.79 Å². The fraction of sp³-hybridized carbons (Fsp3) is 0.250. The van der Waals surface area contributed by atoms with Crippen LogP contribution in [0.25, 0.3) is 0 Å². The average Bonchev–Trinajstić information content (AvgIpc) is 3.11. The van der Waals surface area contributed by atoms with Crippen LogP contribution in [0.3, 0.4) is 0 Å². The molecule has 2 aromatic carbocycles. The molecule has 2 aromatic rings. The maximum absolute atomic E-state index is 13.0. The number of nitrogens with zero attached hydrogens (tertiary/aromatic N) is 2. The molecule has 1 aliphatic rings. The summed E-state index contributed by atoms with van der Waals surface area (Å²) in [6, 6.07) is 14.4. The third-order valence-corrected chi connectivity index (χ3v) is 4.70. The molecule has 0 saturated carbocycles. The summed E-state index contributed by atoms with van der Waals surface area (Å²) >= 11 is 3.42. The first-order chi connectivity index (χ1) is 13.0. The van der Waals surface area contributed by atoms with Crippen LogP contribution in [-0.2, 0) is 14.3 Å². The van der Waals surface area contributed by atoms with Crippen LogP contribution in [-0.4, -0.2) is 30.2 Å². The molecular formula is C20H20BrN3O3. The van der Waals surface area contributed by atoms with Gasteiger partial charge in [-0.1, -0.05) is 40.2 Å². The van der Waals surface area contributed by atoms with E-state index in [2.05, 4.69) is 26.3 Å². The normalized spacial score (nSPS) is 16.0. The average molecular weight is 430 g/mol. The van der Waals surface area contributed by atoms with Gasteiger partial charge in [-0.3, -0.25) is 9.80 Å². The Kier molecular flexibility index (Phi) is 5.91. The number of carbonyl (C=O) groups excluding carboxylic acids is 2. The Balaban J connectivity index is 1.86. The number of amides is 1. The van der Waals surface area contributed by atoms with Gasteiger partial charge in [0.15, 0.2) is 0 Å². The van der Waals surface area contributed by atoms with Gasteiger partial charge in [0.1, 0.15) is 11.8 Å². The lowest BCUT2D eigenvalue weighted by atomic mass is 10.1. The Hall–Kier alpha value is -2.67. The van der Waals surface area contributed by atoms with E-state index in [0.29, 0.717) is 5.69 Å². The number of aryl methyl sites for hydroxylation is 1. The lowest BCUT2D eigenvalue weighted by Crippen LogP contribution is -2.39. The van der Waals surface area contributed by atoms with E-state index in [1.54, 1.807) is 11.9 Å². The number of ether oxygens (including phenoxy) is 1. The number of esters is 1. The number of hydrogen-bond acceptors (Lipinski definition) is 5. The molecule has 6 nitrogen and oxygen atoms in total. The topological polar surface area (TPSA) is 71.0 Å². The van der Waals surface area contributed by atoms with Gasteiger partial charge in [0.05, 0.1) is 12.3 Å².